The average molecular weight is 364 g/mol. The summed E-state index contributed by atoms with van der Waals surface area (Å²) in [5, 5.41) is 9.49. The minimum absolute atomic E-state index is 0.207. The number of anilines is 1. The number of para-hydroxylation sites is 1. The van der Waals surface area contributed by atoms with E-state index in [1.807, 2.05) is 48.5 Å². The fourth-order valence-corrected chi connectivity index (χ4v) is 3.12. The highest BCUT2D eigenvalue weighted by atomic mass is 16.1. The summed E-state index contributed by atoms with van der Waals surface area (Å²) >= 11 is 0. The van der Waals surface area contributed by atoms with Crippen molar-refractivity contribution < 1.29 is 0 Å². The first-order chi connectivity index (χ1) is 13.7. The molecule has 2 N–H and O–H groups in total. The van der Waals surface area contributed by atoms with E-state index in [0.717, 1.165) is 11.3 Å². The molecule has 28 heavy (non-hydrogen) atoms. The van der Waals surface area contributed by atoms with Gasteiger partial charge in [0.05, 0.1) is 17.3 Å². The second-order valence-corrected chi connectivity index (χ2v) is 6.26. The van der Waals surface area contributed by atoms with Crippen LogP contribution in [0.3, 0.4) is 0 Å². The van der Waals surface area contributed by atoms with Crippen LogP contribution in [-0.4, -0.2) is 9.55 Å². The van der Waals surface area contributed by atoms with Crippen molar-refractivity contribution >= 4 is 5.82 Å². The minimum atomic E-state index is -0.207. The summed E-state index contributed by atoms with van der Waals surface area (Å²) in [6.45, 7) is 0. The third-order valence-corrected chi connectivity index (χ3v) is 4.46. The van der Waals surface area contributed by atoms with Gasteiger partial charge in [-0.2, -0.15) is 5.26 Å². The number of aromatic nitrogens is 2. The lowest BCUT2D eigenvalue weighted by atomic mass is 9.99. The van der Waals surface area contributed by atoms with Gasteiger partial charge in [0.15, 0.2) is 0 Å². The molecule has 134 valence electrons. The van der Waals surface area contributed by atoms with Gasteiger partial charge in [-0.3, -0.25) is 9.36 Å². The molecule has 0 bridgehead atoms. The van der Waals surface area contributed by atoms with Gasteiger partial charge in [-0.15, -0.1) is 0 Å². The largest absolute Gasteiger partial charge is 0.384 e. The monoisotopic (exact) mass is 364 g/mol. The summed E-state index contributed by atoms with van der Waals surface area (Å²) in [5.74, 6) is 0.397. The van der Waals surface area contributed by atoms with Crippen LogP contribution in [0.25, 0.3) is 28.1 Å². The number of nitriles is 1. The predicted octanol–water partition coefficient (Wildman–Crippen LogP) is 4.02. The molecular weight excluding hydrogens is 348 g/mol. The second kappa shape index (κ2) is 7.22. The molecule has 0 spiro atoms. The molecule has 2 aromatic heterocycles. The van der Waals surface area contributed by atoms with Gasteiger partial charge >= 0.3 is 0 Å². The Morgan fingerprint density at radius 3 is 2.39 bits per heavy atom. The molecule has 0 saturated heterocycles. The van der Waals surface area contributed by atoms with Gasteiger partial charge in [0.1, 0.15) is 5.82 Å². The Bertz CT molecular complexity index is 1250. The molecule has 0 atom stereocenters. The summed E-state index contributed by atoms with van der Waals surface area (Å²) in [6, 6.07) is 25.7. The normalized spacial score (nSPS) is 10.4. The summed E-state index contributed by atoms with van der Waals surface area (Å²) in [5.41, 5.74) is 9.22. The summed E-state index contributed by atoms with van der Waals surface area (Å²) in [7, 11) is 0. The van der Waals surface area contributed by atoms with Gasteiger partial charge in [0, 0.05) is 28.6 Å². The van der Waals surface area contributed by atoms with Crippen molar-refractivity contribution in [2.24, 2.45) is 0 Å². The third kappa shape index (κ3) is 3.15. The lowest BCUT2D eigenvalue weighted by molar-refractivity contribution is 0.993. The first kappa shape index (κ1) is 17.3. The molecular formula is C23H16N4O. The molecule has 2 heterocycles. The number of benzene rings is 2. The van der Waals surface area contributed by atoms with E-state index < -0.39 is 0 Å². The van der Waals surface area contributed by atoms with E-state index >= 15 is 0 Å². The van der Waals surface area contributed by atoms with Gasteiger partial charge in [-0.25, -0.2) is 4.98 Å². The number of nitrogen functional groups attached to an aromatic ring is 1. The fraction of sp³-hybridized carbons (Fsp3) is 0. The second-order valence-electron chi connectivity index (χ2n) is 6.26. The number of nitrogens with zero attached hydrogens (tertiary/aromatic N) is 3. The lowest BCUT2D eigenvalue weighted by Crippen LogP contribution is -2.20. The molecule has 0 radical (unpaired) electrons. The Labute approximate surface area is 162 Å². The smallest absolute Gasteiger partial charge is 0.263 e. The molecule has 0 saturated carbocycles. The SMILES string of the molecule is N#Cc1ccccc1-c1cc(-c2cccc(N)n2)cn(-c2ccccc2)c1=O. The summed E-state index contributed by atoms with van der Waals surface area (Å²) in [4.78, 5) is 17.7. The number of hydrogen-bond acceptors (Lipinski definition) is 4. The van der Waals surface area contributed by atoms with Crippen molar-refractivity contribution in [3.05, 3.63) is 101 Å². The lowest BCUT2D eigenvalue weighted by Gasteiger charge is -2.13. The van der Waals surface area contributed by atoms with Gasteiger partial charge < -0.3 is 5.73 Å². The van der Waals surface area contributed by atoms with E-state index in [1.165, 1.54) is 0 Å². The maximum atomic E-state index is 13.3. The van der Waals surface area contributed by atoms with Gasteiger partial charge in [0.25, 0.3) is 5.56 Å². The molecule has 0 amide bonds. The summed E-state index contributed by atoms with van der Waals surface area (Å²) < 4.78 is 1.57. The average Bonchev–Trinajstić information content (AvgIpc) is 2.74. The molecule has 0 unspecified atom stereocenters. The Kier molecular flexibility index (Phi) is 4.45. The molecule has 4 rings (SSSR count). The maximum absolute atomic E-state index is 13.3. The highest BCUT2D eigenvalue weighted by Crippen LogP contribution is 2.26. The van der Waals surface area contributed by atoms with E-state index in [4.69, 9.17) is 5.73 Å². The van der Waals surface area contributed by atoms with E-state index in [2.05, 4.69) is 11.1 Å². The van der Waals surface area contributed by atoms with Crippen molar-refractivity contribution in [1.82, 2.24) is 9.55 Å². The van der Waals surface area contributed by atoms with Crippen LogP contribution in [0.15, 0.2) is 89.9 Å². The van der Waals surface area contributed by atoms with Crippen molar-refractivity contribution in [3.8, 4) is 34.1 Å². The van der Waals surface area contributed by atoms with Crippen LogP contribution in [0.4, 0.5) is 5.82 Å². The molecule has 0 aliphatic rings. The molecule has 2 aromatic carbocycles. The van der Waals surface area contributed by atoms with Crippen molar-refractivity contribution in [2.45, 2.75) is 0 Å². The zero-order valence-corrected chi connectivity index (χ0v) is 14.9. The van der Waals surface area contributed by atoms with Crippen LogP contribution in [0.2, 0.25) is 0 Å². The Morgan fingerprint density at radius 1 is 0.893 bits per heavy atom. The van der Waals surface area contributed by atoms with Crippen molar-refractivity contribution in [1.29, 1.82) is 5.26 Å². The zero-order chi connectivity index (χ0) is 19.5. The van der Waals surface area contributed by atoms with Crippen molar-refractivity contribution in [2.75, 3.05) is 5.73 Å². The standard InChI is InChI=1S/C23H16N4O/c24-14-16-7-4-5-10-19(16)20-13-17(21-11-6-12-22(25)26-21)15-27(23(20)28)18-8-2-1-3-9-18/h1-13,15H,(H2,25,26). The highest BCUT2D eigenvalue weighted by molar-refractivity contribution is 5.75. The van der Waals surface area contributed by atoms with Crippen LogP contribution < -0.4 is 11.3 Å². The Morgan fingerprint density at radius 2 is 1.64 bits per heavy atom. The third-order valence-electron chi connectivity index (χ3n) is 4.46. The van der Waals surface area contributed by atoms with Crippen LogP contribution >= 0.6 is 0 Å². The summed E-state index contributed by atoms with van der Waals surface area (Å²) in [6.07, 6.45) is 1.75. The van der Waals surface area contributed by atoms with Crippen LogP contribution in [0, 0.1) is 11.3 Å². The van der Waals surface area contributed by atoms with E-state index in [0.29, 0.717) is 28.2 Å². The molecule has 0 fully saturated rings. The fourth-order valence-electron chi connectivity index (χ4n) is 3.12. The van der Waals surface area contributed by atoms with Crippen molar-refractivity contribution in [3.63, 3.8) is 0 Å². The van der Waals surface area contributed by atoms with Gasteiger partial charge in [-0.05, 0) is 36.4 Å². The number of nitrogens with two attached hydrogens (primary N) is 1. The Hall–Kier alpha value is -4.17. The van der Waals surface area contributed by atoms with E-state index in [9.17, 15) is 10.1 Å². The first-order valence-electron chi connectivity index (χ1n) is 8.72. The minimum Gasteiger partial charge on any atom is -0.384 e. The number of hydrogen-bond donors (Lipinski definition) is 1. The first-order valence-corrected chi connectivity index (χ1v) is 8.72. The zero-order valence-electron chi connectivity index (χ0n) is 14.9. The predicted molar refractivity (Wildman–Crippen MR) is 110 cm³/mol. The van der Waals surface area contributed by atoms with Crippen LogP contribution in [0.1, 0.15) is 5.56 Å². The quantitative estimate of drug-likeness (QED) is 0.595. The molecule has 5 nitrogen and oxygen atoms in total. The molecule has 4 aromatic rings. The number of pyridine rings is 2. The Balaban J connectivity index is 2.05. The maximum Gasteiger partial charge on any atom is 0.263 e. The van der Waals surface area contributed by atoms with Crippen LogP contribution in [0.5, 0.6) is 0 Å². The number of rotatable bonds is 3. The van der Waals surface area contributed by atoms with Gasteiger partial charge in [-0.1, -0.05) is 42.5 Å². The molecule has 0 aliphatic carbocycles. The van der Waals surface area contributed by atoms with Crippen LogP contribution in [-0.2, 0) is 0 Å². The molecule has 5 heteroatoms. The topological polar surface area (TPSA) is 84.7 Å². The van der Waals surface area contributed by atoms with E-state index in [-0.39, 0.29) is 5.56 Å². The van der Waals surface area contributed by atoms with Gasteiger partial charge in [0.2, 0.25) is 0 Å². The highest BCUT2D eigenvalue weighted by Gasteiger charge is 2.15. The van der Waals surface area contributed by atoms with E-state index in [1.54, 1.807) is 41.1 Å². The molecule has 0 aliphatic heterocycles.